The van der Waals surface area contributed by atoms with Gasteiger partial charge in [-0.1, -0.05) is 18.2 Å². The van der Waals surface area contributed by atoms with Crippen molar-refractivity contribution in [1.82, 2.24) is 14.7 Å². The molecular formula is C23H29N5O4. The summed E-state index contributed by atoms with van der Waals surface area (Å²) < 4.78 is 12.1. The summed E-state index contributed by atoms with van der Waals surface area (Å²) in [4.78, 5) is 26.5. The van der Waals surface area contributed by atoms with Crippen molar-refractivity contribution in [3.63, 3.8) is 0 Å². The quantitative estimate of drug-likeness (QED) is 0.700. The number of hydrogen-bond acceptors (Lipinski definition) is 7. The van der Waals surface area contributed by atoms with Gasteiger partial charge in [-0.3, -0.25) is 4.68 Å². The van der Waals surface area contributed by atoms with Crippen molar-refractivity contribution in [1.29, 1.82) is 5.26 Å². The van der Waals surface area contributed by atoms with Gasteiger partial charge < -0.3 is 19.7 Å². The summed E-state index contributed by atoms with van der Waals surface area (Å²) in [7, 11) is 1.32. The fraction of sp³-hybridized carbons (Fsp3) is 0.478. The molecule has 1 aliphatic rings. The summed E-state index contributed by atoms with van der Waals surface area (Å²) in [6.07, 6.45) is 2.46. The molecule has 1 N–H and O–H groups in total. The Morgan fingerprint density at radius 1 is 1.22 bits per heavy atom. The van der Waals surface area contributed by atoms with Crippen LogP contribution in [0.5, 0.6) is 0 Å². The first kappa shape index (κ1) is 23.1. The van der Waals surface area contributed by atoms with E-state index in [4.69, 9.17) is 9.47 Å². The second kappa shape index (κ2) is 9.30. The van der Waals surface area contributed by atoms with Crippen LogP contribution in [0.15, 0.2) is 36.5 Å². The molecule has 0 radical (unpaired) electrons. The van der Waals surface area contributed by atoms with Gasteiger partial charge in [0.25, 0.3) is 0 Å². The number of benzene rings is 1. The second-order valence-corrected chi connectivity index (χ2v) is 8.85. The number of hydrogen-bond donors (Lipinski definition) is 1. The van der Waals surface area contributed by atoms with Crippen LogP contribution in [-0.4, -0.2) is 52.5 Å². The van der Waals surface area contributed by atoms with Gasteiger partial charge in [-0.05, 0) is 45.7 Å². The molecule has 0 unspecified atom stereocenters. The summed E-state index contributed by atoms with van der Waals surface area (Å²) in [5, 5.41) is 17.3. The SMILES string of the molecule is COC(=O)c1cn(C2(CC#N)CCN(C(=O)OC(C)(C)C)CC2)nc1Nc1ccccc1. The molecule has 1 aliphatic heterocycles. The number of aromatic nitrogens is 2. The van der Waals surface area contributed by atoms with Crippen LogP contribution in [0.4, 0.5) is 16.3 Å². The van der Waals surface area contributed by atoms with Crippen molar-refractivity contribution in [3.8, 4) is 6.07 Å². The molecule has 0 saturated carbocycles. The second-order valence-electron chi connectivity index (χ2n) is 8.85. The van der Waals surface area contributed by atoms with Crippen LogP contribution in [0, 0.1) is 11.3 Å². The van der Waals surface area contributed by atoms with Crippen LogP contribution in [0.1, 0.15) is 50.4 Å². The number of amides is 1. The number of likely N-dealkylation sites (tertiary alicyclic amines) is 1. The van der Waals surface area contributed by atoms with Crippen LogP contribution in [-0.2, 0) is 15.0 Å². The molecule has 170 valence electrons. The largest absolute Gasteiger partial charge is 0.465 e. The van der Waals surface area contributed by atoms with E-state index in [2.05, 4.69) is 16.5 Å². The number of ether oxygens (including phenoxy) is 2. The van der Waals surface area contributed by atoms with Gasteiger partial charge in [-0.2, -0.15) is 10.4 Å². The lowest BCUT2D eigenvalue weighted by molar-refractivity contribution is 0.0105. The van der Waals surface area contributed by atoms with Crippen LogP contribution >= 0.6 is 0 Å². The van der Waals surface area contributed by atoms with Crippen molar-refractivity contribution in [2.24, 2.45) is 0 Å². The Morgan fingerprint density at radius 3 is 2.44 bits per heavy atom. The minimum Gasteiger partial charge on any atom is -0.465 e. The highest BCUT2D eigenvalue weighted by Crippen LogP contribution is 2.35. The number of nitrogens with one attached hydrogen (secondary N) is 1. The van der Waals surface area contributed by atoms with E-state index < -0.39 is 17.1 Å². The Bertz CT molecular complexity index is 996. The molecule has 0 bridgehead atoms. The third-order valence-electron chi connectivity index (χ3n) is 5.40. The fourth-order valence-electron chi connectivity index (χ4n) is 3.69. The molecule has 32 heavy (non-hydrogen) atoms. The maximum atomic E-state index is 12.5. The summed E-state index contributed by atoms with van der Waals surface area (Å²) in [6.45, 7) is 6.33. The predicted molar refractivity (Wildman–Crippen MR) is 119 cm³/mol. The highest BCUT2D eigenvalue weighted by Gasteiger charge is 2.40. The van der Waals surface area contributed by atoms with Gasteiger partial charge in [-0.25, -0.2) is 9.59 Å². The Morgan fingerprint density at radius 2 is 1.88 bits per heavy atom. The zero-order valence-corrected chi connectivity index (χ0v) is 18.9. The van der Waals surface area contributed by atoms with E-state index in [1.54, 1.807) is 15.8 Å². The highest BCUT2D eigenvalue weighted by molar-refractivity contribution is 5.95. The van der Waals surface area contributed by atoms with Gasteiger partial charge in [0.2, 0.25) is 0 Å². The normalized spacial score (nSPS) is 15.5. The molecule has 1 aromatic heterocycles. The standard InChI is InChI=1S/C23H29N5O4/c1-22(2,3)32-21(30)27-14-11-23(10-13-24,12-15-27)28-16-18(20(29)31-4)19(26-28)25-17-8-6-5-7-9-17/h5-9,16H,10-12,14-15H2,1-4H3,(H,25,26). The van der Waals surface area contributed by atoms with Gasteiger partial charge in [-0.15, -0.1) is 0 Å². The van der Waals surface area contributed by atoms with E-state index in [0.29, 0.717) is 31.7 Å². The number of anilines is 2. The van der Waals surface area contributed by atoms with E-state index in [1.165, 1.54) is 7.11 Å². The Balaban J connectivity index is 1.87. The zero-order chi connectivity index (χ0) is 23.4. The molecule has 1 saturated heterocycles. The lowest BCUT2D eigenvalue weighted by atomic mass is 9.85. The number of carbonyl (C=O) groups excluding carboxylic acids is 2. The number of nitriles is 1. The number of esters is 1. The van der Waals surface area contributed by atoms with E-state index in [9.17, 15) is 14.9 Å². The molecule has 0 atom stereocenters. The fourth-order valence-corrected chi connectivity index (χ4v) is 3.69. The molecule has 1 fully saturated rings. The Hall–Kier alpha value is -3.54. The molecular weight excluding hydrogens is 410 g/mol. The number of nitrogens with zero attached hydrogens (tertiary/aromatic N) is 4. The van der Waals surface area contributed by atoms with Gasteiger partial charge in [0.05, 0.1) is 25.1 Å². The van der Waals surface area contributed by atoms with Crippen molar-refractivity contribution in [3.05, 3.63) is 42.1 Å². The first-order valence-corrected chi connectivity index (χ1v) is 10.5. The van der Waals surface area contributed by atoms with Gasteiger partial charge >= 0.3 is 12.1 Å². The first-order valence-electron chi connectivity index (χ1n) is 10.5. The lowest BCUT2D eigenvalue weighted by Gasteiger charge is -2.40. The molecule has 2 aromatic rings. The molecule has 3 rings (SSSR count). The minimum atomic E-state index is -0.646. The average molecular weight is 440 g/mol. The van der Waals surface area contributed by atoms with Crippen molar-refractivity contribution in [2.75, 3.05) is 25.5 Å². The monoisotopic (exact) mass is 439 g/mol. The maximum Gasteiger partial charge on any atom is 0.410 e. The van der Waals surface area contributed by atoms with Crippen LogP contribution in [0.3, 0.4) is 0 Å². The molecule has 9 nitrogen and oxygen atoms in total. The number of para-hydroxylation sites is 1. The first-order chi connectivity index (χ1) is 15.2. The molecule has 9 heteroatoms. The molecule has 2 heterocycles. The van der Waals surface area contributed by atoms with E-state index in [0.717, 1.165) is 5.69 Å². The van der Waals surface area contributed by atoms with Crippen LogP contribution < -0.4 is 5.32 Å². The smallest absolute Gasteiger partial charge is 0.410 e. The maximum absolute atomic E-state index is 12.5. The molecule has 1 aromatic carbocycles. The summed E-state index contributed by atoms with van der Waals surface area (Å²) in [5.74, 6) is -0.164. The zero-order valence-electron chi connectivity index (χ0n) is 18.9. The van der Waals surface area contributed by atoms with Gasteiger partial charge in [0.15, 0.2) is 5.82 Å². The van der Waals surface area contributed by atoms with Gasteiger partial charge in [0.1, 0.15) is 11.2 Å². The summed E-state index contributed by atoms with van der Waals surface area (Å²) in [5.41, 5.74) is -0.166. The minimum absolute atomic E-state index is 0.197. The van der Waals surface area contributed by atoms with Crippen molar-refractivity contribution < 1.29 is 19.1 Å². The Labute approximate surface area is 187 Å². The summed E-state index contributed by atoms with van der Waals surface area (Å²) in [6, 6.07) is 11.6. The number of rotatable bonds is 5. The van der Waals surface area contributed by atoms with E-state index in [1.807, 2.05) is 51.1 Å². The third kappa shape index (κ3) is 5.19. The van der Waals surface area contributed by atoms with Crippen LogP contribution in [0.25, 0.3) is 0 Å². The highest BCUT2D eigenvalue weighted by atomic mass is 16.6. The van der Waals surface area contributed by atoms with Crippen molar-refractivity contribution in [2.45, 2.75) is 51.2 Å². The Kier molecular flexibility index (Phi) is 6.72. The average Bonchev–Trinajstić information content (AvgIpc) is 3.18. The number of piperidine rings is 1. The predicted octanol–water partition coefficient (Wildman–Crippen LogP) is 4.05. The number of carbonyl (C=O) groups is 2. The van der Waals surface area contributed by atoms with Crippen LogP contribution in [0.2, 0.25) is 0 Å². The van der Waals surface area contributed by atoms with E-state index >= 15 is 0 Å². The number of methoxy groups -OCH3 is 1. The third-order valence-corrected chi connectivity index (χ3v) is 5.40. The lowest BCUT2D eigenvalue weighted by Crippen LogP contribution is -2.49. The van der Waals surface area contributed by atoms with Gasteiger partial charge in [0, 0.05) is 25.0 Å². The molecule has 0 aliphatic carbocycles. The molecule has 0 spiro atoms. The topological polar surface area (TPSA) is 109 Å². The van der Waals surface area contributed by atoms with E-state index in [-0.39, 0.29) is 18.1 Å². The summed E-state index contributed by atoms with van der Waals surface area (Å²) >= 11 is 0. The van der Waals surface area contributed by atoms with Crippen molar-refractivity contribution >= 4 is 23.6 Å². The molecule has 1 amide bonds.